The molecule has 1 aliphatic heterocycles. The molecule has 4 rings (SSSR count). The van der Waals surface area contributed by atoms with Gasteiger partial charge >= 0.3 is 0 Å². The van der Waals surface area contributed by atoms with Crippen LogP contribution in [0.5, 0.6) is 0 Å². The monoisotopic (exact) mass is 339 g/mol. The Kier molecular flexibility index (Phi) is 4.74. The molecule has 2 nitrogen and oxygen atoms in total. The van der Waals surface area contributed by atoms with Crippen molar-refractivity contribution in [2.75, 3.05) is 6.54 Å². The minimum Gasteiger partial charge on any atom is -0.294 e. The van der Waals surface area contributed by atoms with Crippen LogP contribution in [0, 0.1) is 5.92 Å². The molecule has 0 aromatic heterocycles. The molecule has 0 saturated carbocycles. The Morgan fingerprint density at radius 1 is 0.769 bits per heavy atom. The lowest BCUT2D eigenvalue weighted by Gasteiger charge is -2.30. The molecule has 2 atom stereocenters. The Bertz CT molecular complexity index is 901. The molecule has 0 amide bonds. The quantitative estimate of drug-likeness (QED) is 0.604. The second-order valence-corrected chi connectivity index (χ2v) is 6.71. The van der Waals surface area contributed by atoms with Crippen LogP contribution in [0.25, 0.3) is 0 Å². The molecular weight excluding hydrogens is 318 g/mol. The third-order valence-electron chi connectivity index (χ3n) is 5.11. The molecule has 128 valence electrons. The van der Waals surface area contributed by atoms with E-state index in [-0.39, 0.29) is 17.6 Å². The second kappa shape index (κ2) is 7.49. The van der Waals surface area contributed by atoms with Crippen molar-refractivity contribution in [1.29, 1.82) is 0 Å². The normalized spacial score (nSPS) is 19.6. The maximum Gasteiger partial charge on any atom is 0.168 e. The maximum atomic E-state index is 13.2. The topological polar surface area (TPSA) is 29.4 Å². The van der Waals surface area contributed by atoms with Gasteiger partial charge in [0.2, 0.25) is 0 Å². The van der Waals surface area contributed by atoms with Crippen molar-refractivity contribution in [2.24, 2.45) is 10.9 Å². The van der Waals surface area contributed by atoms with Crippen LogP contribution < -0.4 is 0 Å². The third-order valence-corrected chi connectivity index (χ3v) is 5.11. The van der Waals surface area contributed by atoms with Crippen LogP contribution in [0.4, 0.5) is 0 Å². The van der Waals surface area contributed by atoms with E-state index in [4.69, 9.17) is 4.99 Å². The van der Waals surface area contributed by atoms with Gasteiger partial charge in [0.05, 0.1) is 0 Å². The highest BCUT2D eigenvalue weighted by atomic mass is 16.1. The molecule has 0 radical (unpaired) electrons. The summed E-state index contributed by atoms with van der Waals surface area (Å²) in [6, 6.07) is 30.3. The Hall–Kier alpha value is -3.00. The number of carbonyl (C=O) groups is 1. The molecule has 1 aliphatic rings. The zero-order valence-electron chi connectivity index (χ0n) is 14.6. The van der Waals surface area contributed by atoms with E-state index in [1.807, 2.05) is 66.7 Å². The van der Waals surface area contributed by atoms with E-state index in [1.165, 1.54) is 5.56 Å². The van der Waals surface area contributed by atoms with Crippen LogP contribution in [-0.2, 0) is 0 Å². The van der Waals surface area contributed by atoms with Gasteiger partial charge in [-0.25, -0.2) is 0 Å². The summed E-state index contributed by atoms with van der Waals surface area (Å²) in [7, 11) is 0. The van der Waals surface area contributed by atoms with Gasteiger partial charge in [0.15, 0.2) is 5.78 Å². The van der Waals surface area contributed by atoms with E-state index in [2.05, 4.69) is 24.3 Å². The van der Waals surface area contributed by atoms with Gasteiger partial charge in [-0.1, -0.05) is 91.0 Å². The number of carbonyl (C=O) groups excluding carboxylic acids is 1. The smallest absolute Gasteiger partial charge is 0.168 e. The zero-order chi connectivity index (χ0) is 17.8. The van der Waals surface area contributed by atoms with Gasteiger partial charge < -0.3 is 0 Å². The molecular formula is C24H21NO. The van der Waals surface area contributed by atoms with Crippen LogP contribution in [0.2, 0.25) is 0 Å². The van der Waals surface area contributed by atoms with Crippen molar-refractivity contribution in [3.8, 4) is 0 Å². The molecule has 2 heteroatoms. The molecule has 0 saturated heterocycles. The van der Waals surface area contributed by atoms with Gasteiger partial charge in [0.25, 0.3) is 0 Å². The van der Waals surface area contributed by atoms with E-state index in [1.54, 1.807) is 0 Å². The zero-order valence-corrected chi connectivity index (χ0v) is 14.6. The molecule has 0 spiro atoms. The Labute approximate surface area is 154 Å². The summed E-state index contributed by atoms with van der Waals surface area (Å²) < 4.78 is 0. The molecule has 0 N–H and O–H groups in total. The van der Waals surface area contributed by atoms with E-state index in [9.17, 15) is 4.79 Å². The summed E-state index contributed by atoms with van der Waals surface area (Å²) in [5, 5.41) is 0. The fourth-order valence-electron chi connectivity index (χ4n) is 3.72. The highest BCUT2D eigenvalue weighted by molar-refractivity contribution is 6.04. The van der Waals surface area contributed by atoms with E-state index in [0.717, 1.165) is 23.3 Å². The summed E-state index contributed by atoms with van der Waals surface area (Å²) in [6.07, 6.45) is 0.789. The van der Waals surface area contributed by atoms with Gasteiger partial charge in [-0.15, -0.1) is 0 Å². The first-order valence-electron chi connectivity index (χ1n) is 9.06. The molecule has 0 bridgehead atoms. The van der Waals surface area contributed by atoms with Gasteiger partial charge in [-0.2, -0.15) is 0 Å². The SMILES string of the molecule is O=C(c1ccccc1)C1CN=C(c2ccccc2)CC1c1ccccc1. The van der Waals surface area contributed by atoms with Crippen molar-refractivity contribution in [3.63, 3.8) is 0 Å². The first-order chi connectivity index (χ1) is 12.8. The predicted octanol–water partition coefficient (Wildman–Crippen LogP) is 5.16. The number of benzene rings is 3. The largest absolute Gasteiger partial charge is 0.294 e. The fourth-order valence-corrected chi connectivity index (χ4v) is 3.72. The number of hydrogen-bond donors (Lipinski definition) is 0. The van der Waals surface area contributed by atoms with Crippen molar-refractivity contribution in [1.82, 2.24) is 0 Å². The van der Waals surface area contributed by atoms with Gasteiger partial charge in [-0.3, -0.25) is 9.79 Å². The predicted molar refractivity (Wildman–Crippen MR) is 106 cm³/mol. The number of hydrogen-bond acceptors (Lipinski definition) is 2. The van der Waals surface area contributed by atoms with Gasteiger partial charge in [-0.05, 0) is 17.5 Å². The summed E-state index contributed by atoms with van der Waals surface area (Å²) in [5.74, 6) is 0.221. The lowest BCUT2D eigenvalue weighted by Crippen LogP contribution is -2.31. The number of nitrogens with zero attached hydrogens (tertiary/aromatic N) is 1. The van der Waals surface area contributed by atoms with Gasteiger partial charge in [0, 0.05) is 29.7 Å². The van der Waals surface area contributed by atoms with Crippen molar-refractivity contribution in [3.05, 3.63) is 108 Å². The Morgan fingerprint density at radius 2 is 1.35 bits per heavy atom. The van der Waals surface area contributed by atoms with Crippen LogP contribution in [-0.4, -0.2) is 18.0 Å². The van der Waals surface area contributed by atoms with E-state index >= 15 is 0 Å². The average molecular weight is 339 g/mol. The molecule has 1 heterocycles. The number of ketones is 1. The third kappa shape index (κ3) is 3.36. The van der Waals surface area contributed by atoms with Crippen LogP contribution in [0.15, 0.2) is 96.0 Å². The molecule has 0 fully saturated rings. The highest BCUT2D eigenvalue weighted by Gasteiger charge is 2.34. The van der Waals surface area contributed by atoms with Crippen LogP contribution in [0.3, 0.4) is 0 Å². The maximum absolute atomic E-state index is 13.2. The standard InChI is InChI=1S/C24H21NO/c26-24(20-14-8-3-9-15-20)22-17-25-23(19-12-6-2-7-13-19)16-21(22)18-10-4-1-5-11-18/h1-15,21-22H,16-17H2. The highest BCUT2D eigenvalue weighted by Crippen LogP contribution is 2.35. The minimum absolute atomic E-state index is 0.118. The van der Waals surface area contributed by atoms with Crippen LogP contribution in [0.1, 0.15) is 33.8 Å². The van der Waals surface area contributed by atoms with Crippen molar-refractivity contribution < 1.29 is 4.79 Å². The molecule has 2 unspecified atom stereocenters. The Morgan fingerprint density at radius 3 is 2.00 bits per heavy atom. The van der Waals surface area contributed by atoms with Crippen LogP contribution >= 0.6 is 0 Å². The minimum atomic E-state index is -0.118. The summed E-state index contributed by atoms with van der Waals surface area (Å²) in [6.45, 7) is 0.539. The molecule has 3 aromatic carbocycles. The van der Waals surface area contributed by atoms with Crippen molar-refractivity contribution in [2.45, 2.75) is 12.3 Å². The summed E-state index contributed by atoms with van der Waals surface area (Å²) >= 11 is 0. The number of Topliss-reactive ketones (excluding diaryl/α,β-unsaturated/α-hetero) is 1. The molecule has 0 aliphatic carbocycles. The first kappa shape index (κ1) is 16.5. The van der Waals surface area contributed by atoms with E-state index < -0.39 is 0 Å². The summed E-state index contributed by atoms with van der Waals surface area (Å²) in [4.78, 5) is 18.0. The lowest BCUT2D eigenvalue weighted by atomic mass is 9.76. The lowest BCUT2D eigenvalue weighted by molar-refractivity contribution is 0.0903. The van der Waals surface area contributed by atoms with E-state index in [0.29, 0.717) is 6.54 Å². The first-order valence-corrected chi connectivity index (χ1v) is 9.06. The number of rotatable bonds is 4. The fraction of sp³-hybridized carbons (Fsp3) is 0.167. The van der Waals surface area contributed by atoms with Gasteiger partial charge in [0.1, 0.15) is 0 Å². The average Bonchev–Trinajstić information content (AvgIpc) is 2.75. The van der Waals surface area contributed by atoms with Crippen molar-refractivity contribution >= 4 is 11.5 Å². The summed E-state index contributed by atoms with van der Waals surface area (Å²) in [5.41, 5.74) is 4.23. The molecule has 3 aromatic rings. The Balaban J connectivity index is 1.70. The number of aliphatic imine (C=N–C) groups is 1. The molecule has 26 heavy (non-hydrogen) atoms. The second-order valence-electron chi connectivity index (χ2n) is 6.71.